The van der Waals surface area contributed by atoms with Crippen molar-refractivity contribution in [3.63, 3.8) is 0 Å². The number of aliphatic hydroxyl groups is 1. The van der Waals surface area contributed by atoms with Gasteiger partial charge in [0.15, 0.2) is 0 Å². The molecule has 8 nitrogen and oxygen atoms in total. The van der Waals surface area contributed by atoms with Gasteiger partial charge in [-0.15, -0.1) is 0 Å². The summed E-state index contributed by atoms with van der Waals surface area (Å²) in [6, 6.07) is 0. The van der Waals surface area contributed by atoms with Gasteiger partial charge in [0.05, 0.1) is 11.1 Å². The van der Waals surface area contributed by atoms with Crippen molar-refractivity contribution in [1.29, 1.82) is 0 Å². The zero-order valence-electron chi connectivity index (χ0n) is 20.5. The molecule has 3 N–H and O–H groups in total. The van der Waals surface area contributed by atoms with Gasteiger partial charge in [-0.2, -0.15) is 0 Å². The predicted octanol–water partition coefficient (Wildman–Crippen LogP) is 2.79. The number of rotatable bonds is 5. The number of aromatic nitrogens is 2. The molecule has 0 aromatic carbocycles. The van der Waals surface area contributed by atoms with E-state index in [0.29, 0.717) is 29.6 Å². The summed E-state index contributed by atoms with van der Waals surface area (Å²) in [5.41, 5.74) is -0.974. The van der Waals surface area contributed by atoms with Crippen molar-refractivity contribution in [2.45, 2.75) is 73.0 Å². The Kier molecular flexibility index (Phi) is 8.86. The highest BCUT2D eigenvalue weighted by atomic mass is 16.6. The monoisotopic (exact) mass is 445 g/mol. The number of aryl methyl sites for hydroxylation is 2. The van der Waals surface area contributed by atoms with E-state index in [4.69, 9.17) is 4.74 Å². The van der Waals surface area contributed by atoms with E-state index < -0.39 is 17.2 Å². The minimum atomic E-state index is -1.24. The minimum Gasteiger partial charge on any atom is -0.456 e. The standard InChI is InChI=1S/C22H29N3O5.C2H6/c1-13-16(20(28)30-22(5,6)10-11-23-14(2)26)17-15(8-9-21(3,4)29)12-25(7)19(27)18(17)24-13;1-2/h12,24,29H,10-11H2,1-7H3,(H,23,26);1-2H3. The average molecular weight is 446 g/mol. The summed E-state index contributed by atoms with van der Waals surface area (Å²) in [5.74, 6) is 4.85. The highest BCUT2D eigenvalue weighted by Gasteiger charge is 2.28. The van der Waals surface area contributed by atoms with Crippen LogP contribution in [0.5, 0.6) is 0 Å². The molecular formula is C24H35N3O5. The van der Waals surface area contributed by atoms with E-state index in [1.807, 2.05) is 13.8 Å². The second-order valence-corrected chi connectivity index (χ2v) is 8.53. The number of aromatic amines is 1. The molecule has 0 saturated heterocycles. The van der Waals surface area contributed by atoms with Crippen molar-refractivity contribution in [2.75, 3.05) is 6.54 Å². The fraction of sp³-hybridized carbons (Fsp3) is 0.542. The van der Waals surface area contributed by atoms with Crippen LogP contribution in [0.1, 0.15) is 76.5 Å². The van der Waals surface area contributed by atoms with Gasteiger partial charge in [0, 0.05) is 44.2 Å². The molecule has 0 unspecified atom stereocenters. The summed E-state index contributed by atoms with van der Waals surface area (Å²) in [4.78, 5) is 39.7. The molecule has 0 spiro atoms. The number of H-pyrrole nitrogens is 1. The molecule has 176 valence electrons. The smallest absolute Gasteiger partial charge is 0.341 e. The van der Waals surface area contributed by atoms with Crippen molar-refractivity contribution in [2.24, 2.45) is 7.05 Å². The SMILES string of the molecule is CC.CC(=O)NCCC(C)(C)OC(=O)c1c(C)[nH]c2c(=O)n(C)cc(C#CC(C)(C)O)c12. The van der Waals surface area contributed by atoms with E-state index in [1.165, 1.54) is 17.7 Å². The molecule has 2 aromatic rings. The molecule has 0 saturated carbocycles. The maximum atomic E-state index is 13.1. The maximum absolute atomic E-state index is 13.1. The Morgan fingerprint density at radius 2 is 1.84 bits per heavy atom. The number of carbonyl (C=O) groups excluding carboxylic acids is 2. The number of hydrogen-bond acceptors (Lipinski definition) is 5. The van der Waals surface area contributed by atoms with Gasteiger partial charge in [-0.3, -0.25) is 9.59 Å². The summed E-state index contributed by atoms with van der Waals surface area (Å²) >= 11 is 0. The number of esters is 1. The molecule has 0 radical (unpaired) electrons. The Balaban J connectivity index is 0.00000249. The highest BCUT2D eigenvalue weighted by Crippen LogP contribution is 2.26. The molecule has 0 fully saturated rings. The summed E-state index contributed by atoms with van der Waals surface area (Å²) in [6.07, 6.45) is 1.96. The molecule has 0 aliphatic rings. The van der Waals surface area contributed by atoms with Crippen molar-refractivity contribution < 1.29 is 19.4 Å². The first-order valence-electron chi connectivity index (χ1n) is 10.7. The van der Waals surface area contributed by atoms with E-state index in [9.17, 15) is 19.5 Å². The molecule has 1 amide bonds. The van der Waals surface area contributed by atoms with E-state index >= 15 is 0 Å². The van der Waals surface area contributed by atoms with Crippen LogP contribution in [0.15, 0.2) is 11.0 Å². The fourth-order valence-electron chi connectivity index (χ4n) is 3.01. The first-order valence-corrected chi connectivity index (χ1v) is 10.7. The van der Waals surface area contributed by atoms with Gasteiger partial charge < -0.3 is 24.7 Å². The highest BCUT2D eigenvalue weighted by molar-refractivity contribution is 6.07. The topological polar surface area (TPSA) is 113 Å². The van der Waals surface area contributed by atoms with Crippen LogP contribution in [-0.4, -0.2) is 44.3 Å². The Hall–Kier alpha value is -3.05. The number of nitrogens with zero attached hydrogens (tertiary/aromatic N) is 1. The van der Waals surface area contributed by atoms with Crippen LogP contribution in [0.4, 0.5) is 0 Å². The van der Waals surface area contributed by atoms with E-state index in [2.05, 4.69) is 22.1 Å². The maximum Gasteiger partial charge on any atom is 0.341 e. The summed E-state index contributed by atoms with van der Waals surface area (Å²) in [6.45, 7) is 14.1. The quantitative estimate of drug-likeness (QED) is 0.484. The first kappa shape index (κ1) is 27.0. The molecule has 8 heteroatoms. The number of carbonyl (C=O) groups is 2. The van der Waals surface area contributed by atoms with Crippen LogP contribution in [0.3, 0.4) is 0 Å². The summed E-state index contributed by atoms with van der Waals surface area (Å²) < 4.78 is 7.08. The minimum absolute atomic E-state index is 0.157. The van der Waals surface area contributed by atoms with Crippen LogP contribution in [0, 0.1) is 18.8 Å². The first-order chi connectivity index (χ1) is 14.7. The van der Waals surface area contributed by atoms with Crippen LogP contribution < -0.4 is 10.9 Å². The molecule has 0 bridgehead atoms. The largest absolute Gasteiger partial charge is 0.456 e. The molecule has 32 heavy (non-hydrogen) atoms. The van der Waals surface area contributed by atoms with Gasteiger partial charge in [-0.25, -0.2) is 4.79 Å². The van der Waals surface area contributed by atoms with Crippen molar-refractivity contribution in [3.05, 3.63) is 33.4 Å². The third kappa shape index (κ3) is 6.99. The van der Waals surface area contributed by atoms with Crippen molar-refractivity contribution in [1.82, 2.24) is 14.9 Å². The lowest BCUT2D eigenvalue weighted by atomic mass is 10.0. The van der Waals surface area contributed by atoms with Gasteiger partial charge in [0.2, 0.25) is 5.91 Å². The Morgan fingerprint density at radius 1 is 1.25 bits per heavy atom. The van der Waals surface area contributed by atoms with E-state index in [-0.39, 0.29) is 22.5 Å². The van der Waals surface area contributed by atoms with Gasteiger partial charge in [0.1, 0.15) is 16.7 Å². The molecule has 2 heterocycles. The molecular weight excluding hydrogens is 410 g/mol. The summed E-state index contributed by atoms with van der Waals surface area (Å²) in [7, 11) is 1.59. The van der Waals surface area contributed by atoms with Crippen molar-refractivity contribution >= 4 is 22.8 Å². The van der Waals surface area contributed by atoms with Gasteiger partial charge in [-0.1, -0.05) is 25.7 Å². The second-order valence-electron chi connectivity index (χ2n) is 8.53. The van der Waals surface area contributed by atoms with E-state index in [0.717, 1.165) is 0 Å². The number of amides is 1. The average Bonchev–Trinajstić information content (AvgIpc) is 3.01. The normalized spacial score (nSPS) is 11.2. The Morgan fingerprint density at radius 3 is 2.38 bits per heavy atom. The lowest BCUT2D eigenvalue weighted by molar-refractivity contribution is -0.119. The van der Waals surface area contributed by atoms with Crippen LogP contribution in [0.25, 0.3) is 10.9 Å². The van der Waals surface area contributed by atoms with Crippen LogP contribution in [-0.2, 0) is 16.6 Å². The lowest BCUT2D eigenvalue weighted by Gasteiger charge is -2.25. The van der Waals surface area contributed by atoms with Crippen LogP contribution >= 0.6 is 0 Å². The number of pyridine rings is 1. The molecule has 0 aliphatic carbocycles. The molecule has 0 aliphatic heterocycles. The zero-order chi connectivity index (χ0) is 24.9. The molecule has 2 aromatic heterocycles. The van der Waals surface area contributed by atoms with Gasteiger partial charge in [0.25, 0.3) is 5.56 Å². The predicted molar refractivity (Wildman–Crippen MR) is 126 cm³/mol. The second kappa shape index (κ2) is 10.5. The Labute approximate surface area is 189 Å². The molecule has 0 atom stereocenters. The number of hydrogen-bond donors (Lipinski definition) is 3. The third-order valence-electron chi connectivity index (χ3n) is 4.49. The Bertz CT molecular complexity index is 1110. The number of nitrogens with one attached hydrogen (secondary N) is 2. The zero-order valence-corrected chi connectivity index (χ0v) is 20.5. The van der Waals surface area contributed by atoms with E-state index in [1.54, 1.807) is 41.7 Å². The summed E-state index contributed by atoms with van der Waals surface area (Å²) in [5, 5.41) is 13.0. The number of ether oxygens (including phenoxy) is 1. The van der Waals surface area contributed by atoms with Crippen LogP contribution in [0.2, 0.25) is 0 Å². The fourth-order valence-corrected chi connectivity index (χ4v) is 3.01. The third-order valence-corrected chi connectivity index (χ3v) is 4.49. The van der Waals surface area contributed by atoms with Gasteiger partial charge >= 0.3 is 5.97 Å². The number of fused-ring (bicyclic) bond motifs is 1. The van der Waals surface area contributed by atoms with Gasteiger partial charge in [-0.05, 0) is 34.6 Å². The van der Waals surface area contributed by atoms with Crippen molar-refractivity contribution in [3.8, 4) is 11.8 Å². The molecule has 2 rings (SSSR count). The lowest BCUT2D eigenvalue weighted by Crippen LogP contribution is -2.33.